The van der Waals surface area contributed by atoms with Crippen molar-refractivity contribution in [3.05, 3.63) is 0 Å². The second kappa shape index (κ2) is 18.9. The third kappa shape index (κ3) is 10.5. The Balaban J connectivity index is 1.70. The molecule has 3 saturated heterocycles. The van der Waals surface area contributed by atoms with E-state index in [2.05, 4.69) is 0 Å². The van der Waals surface area contributed by atoms with Crippen molar-refractivity contribution in [2.24, 2.45) is 5.73 Å². The van der Waals surface area contributed by atoms with Crippen LogP contribution in [0, 0.1) is 0 Å². The largest absolute Gasteiger partial charge is 0.472 e. The average Bonchev–Trinajstić information content (AvgIpc) is 3.07. The molecule has 3 aliphatic rings. The second-order valence-electron chi connectivity index (χ2n) is 11.6. The lowest BCUT2D eigenvalue weighted by Crippen LogP contribution is -2.64. The fourth-order valence-electron chi connectivity index (χ4n) is 5.24. The molecular formula is C25H48NO22P. The lowest BCUT2D eigenvalue weighted by atomic mass is 9.97. The first-order chi connectivity index (χ1) is 23.0. The lowest BCUT2D eigenvalue weighted by Gasteiger charge is -2.46. The first-order valence-electron chi connectivity index (χ1n) is 15.2. The molecule has 0 aromatic rings. The van der Waals surface area contributed by atoms with Gasteiger partial charge in [-0.2, -0.15) is 0 Å². The maximum Gasteiger partial charge on any atom is 0.472 e. The first-order valence-corrected chi connectivity index (χ1v) is 16.7. The van der Waals surface area contributed by atoms with Crippen LogP contribution in [0.1, 0.15) is 6.92 Å². The van der Waals surface area contributed by atoms with Crippen molar-refractivity contribution >= 4 is 7.82 Å². The highest BCUT2D eigenvalue weighted by molar-refractivity contribution is 7.47. The van der Waals surface area contributed by atoms with Gasteiger partial charge in [-0.1, -0.05) is 0 Å². The van der Waals surface area contributed by atoms with Crippen LogP contribution in [0.3, 0.4) is 0 Å². The summed E-state index contributed by atoms with van der Waals surface area (Å²) in [5.41, 5.74) is 5.38. The molecule has 24 heteroatoms. The van der Waals surface area contributed by atoms with E-state index in [-0.39, 0.29) is 13.2 Å². The molecule has 0 aromatic heterocycles. The van der Waals surface area contributed by atoms with Gasteiger partial charge in [0.25, 0.3) is 0 Å². The molecule has 0 bridgehead atoms. The molecule has 23 nitrogen and oxygen atoms in total. The molecule has 0 aromatic carbocycles. The van der Waals surface area contributed by atoms with Crippen LogP contribution in [0.2, 0.25) is 0 Å². The normalized spacial score (nSPS) is 43.4. The van der Waals surface area contributed by atoms with Gasteiger partial charge in [0.1, 0.15) is 85.5 Å². The molecule has 3 fully saturated rings. The molecule has 3 heterocycles. The number of hydrogen-bond donors (Lipinski definition) is 14. The molecule has 0 amide bonds. The van der Waals surface area contributed by atoms with E-state index in [9.17, 15) is 70.7 Å². The number of nitrogens with two attached hydrogens (primary N) is 1. The van der Waals surface area contributed by atoms with Crippen LogP contribution in [0.25, 0.3) is 0 Å². The Bertz CT molecular complexity index is 1030. The minimum absolute atomic E-state index is 0.0547. The zero-order chi connectivity index (χ0) is 36.8. The fraction of sp³-hybridized carbons (Fsp3) is 1.00. The molecule has 1 unspecified atom stereocenters. The molecule has 19 atom stereocenters. The van der Waals surface area contributed by atoms with Crippen LogP contribution in [0.5, 0.6) is 0 Å². The Hall–Kier alpha value is -0.650. The molecule has 3 aliphatic heterocycles. The predicted molar refractivity (Wildman–Crippen MR) is 152 cm³/mol. The molecule has 0 radical (unpaired) electrons. The zero-order valence-electron chi connectivity index (χ0n) is 26.1. The number of aliphatic hydroxyl groups is 12. The lowest BCUT2D eigenvalue weighted by molar-refractivity contribution is -0.365. The smallest absolute Gasteiger partial charge is 0.394 e. The van der Waals surface area contributed by atoms with E-state index in [0.29, 0.717) is 0 Å². The molecule has 0 aliphatic carbocycles. The van der Waals surface area contributed by atoms with Gasteiger partial charge in [0.05, 0.1) is 39.1 Å². The molecular weight excluding hydrogens is 697 g/mol. The fourth-order valence-corrected chi connectivity index (χ4v) is 6.17. The number of ether oxygens (including phenoxy) is 6. The van der Waals surface area contributed by atoms with E-state index in [1.165, 1.54) is 6.92 Å². The van der Waals surface area contributed by atoms with E-state index < -0.39 is 145 Å². The second-order valence-corrected chi connectivity index (χ2v) is 13.0. The number of phosphoric ester groups is 1. The molecule has 0 spiro atoms. The Morgan fingerprint density at radius 3 is 1.90 bits per heavy atom. The van der Waals surface area contributed by atoms with Crippen molar-refractivity contribution in [2.75, 3.05) is 39.6 Å². The van der Waals surface area contributed by atoms with E-state index in [1.54, 1.807) is 0 Å². The van der Waals surface area contributed by atoms with Crippen LogP contribution in [0.15, 0.2) is 0 Å². The van der Waals surface area contributed by atoms with Gasteiger partial charge in [0.15, 0.2) is 18.9 Å². The Labute approximate surface area is 279 Å². The summed E-state index contributed by atoms with van der Waals surface area (Å²) in [7, 11) is -5.29. The zero-order valence-corrected chi connectivity index (χ0v) is 27.0. The van der Waals surface area contributed by atoms with Crippen LogP contribution in [0.4, 0.5) is 0 Å². The van der Waals surface area contributed by atoms with Crippen LogP contribution >= 0.6 is 7.82 Å². The quantitative estimate of drug-likeness (QED) is 0.0615. The van der Waals surface area contributed by atoms with Gasteiger partial charge < -0.3 is 100 Å². The first kappa shape index (κ1) is 42.8. The summed E-state index contributed by atoms with van der Waals surface area (Å²) in [6, 6.07) is 0. The maximum atomic E-state index is 12.8. The summed E-state index contributed by atoms with van der Waals surface area (Å²) in [5.74, 6) is 0. The summed E-state index contributed by atoms with van der Waals surface area (Å²) in [4.78, 5) is 10.4. The SMILES string of the molecule is C[C@@H]1O[C@@H](O[C@H]([C@H](O)COP(=O)(O)O[C@H]2[C@@H](OCCN)O[C@H](CO)[C@H](O)[C@@H]2O)[C@@H](O)CO)[C@H](O)[C@H](O[C@H]2O[C@H](CO)[C@@H](O)[C@H](O)[C@H]2O)[C@H]1O. The van der Waals surface area contributed by atoms with Gasteiger partial charge in [-0.25, -0.2) is 4.57 Å². The third-order valence-corrected chi connectivity index (χ3v) is 9.03. The molecule has 3 rings (SSSR count). The molecule has 290 valence electrons. The monoisotopic (exact) mass is 745 g/mol. The van der Waals surface area contributed by atoms with Gasteiger partial charge in [-0.3, -0.25) is 9.05 Å². The average molecular weight is 746 g/mol. The van der Waals surface area contributed by atoms with Gasteiger partial charge in [-0.15, -0.1) is 0 Å². The van der Waals surface area contributed by atoms with Crippen LogP contribution < -0.4 is 5.73 Å². The van der Waals surface area contributed by atoms with Crippen molar-refractivity contribution in [1.82, 2.24) is 0 Å². The van der Waals surface area contributed by atoms with Crippen molar-refractivity contribution in [1.29, 1.82) is 0 Å². The highest BCUT2D eigenvalue weighted by atomic mass is 31.2. The number of phosphoric acid groups is 1. The van der Waals surface area contributed by atoms with Gasteiger partial charge in [0, 0.05) is 6.54 Å². The van der Waals surface area contributed by atoms with E-state index in [0.717, 1.165) is 0 Å². The van der Waals surface area contributed by atoms with Crippen LogP contribution in [-0.4, -0.2) is 216 Å². The Kier molecular flexibility index (Phi) is 16.5. The highest BCUT2D eigenvalue weighted by Crippen LogP contribution is 2.47. The standard InChI is InChI=1S/C25H48NO22P/c1-8-13(32)21(47-23-18(37)16(35)14(33)11(5-28)44-23)19(38)24(43-8)46-20(9(30)4-27)10(31)7-42-49(39,40)48-22-17(36)15(34)12(6-29)45-25(22)41-3-2-26/h8-25,27-38H,2-7,26H2,1H3,(H,39,40)/t8-,9-,10+,11+,12+,13-,14+,15-,16-,17-,18+,19+,20-,21+,22+,23+,24-,25-/m0/s1. The summed E-state index contributed by atoms with van der Waals surface area (Å²) < 4.78 is 54.8. The highest BCUT2D eigenvalue weighted by Gasteiger charge is 2.52. The minimum Gasteiger partial charge on any atom is -0.394 e. The molecule has 0 saturated carbocycles. The van der Waals surface area contributed by atoms with Gasteiger partial charge in [0.2, 0.25) is 0 Å². The minimum atomic E-state index is -5.29. The van der Waals surface area contributed by atoms with E-state index in [4.69, 9.17) is 43.2 Å². The summed E-state index contributed by atoms with van der Waals surface area (Å²) in [6.07, 6.45) is -31.9. The molecule has 49 heavy (non-hydrogen) atoms. The number of aliphatic hydroxyl groups excluding tert-OH is 12. The topological polar surface area (TPSA) is 380 Å². The van der Waals surface area contributed by atoms with Gasteiger partial charge in [-0.05, 0) is 6.92 Å². The van der Waals surface area contributed by atoms with E-state index >= 15 is 0 Å². The van der Waals surface area contributed by atoms with E-state index in [1.807, 2.05) is 0 Å². The summed E-state index contributed by atoms with van der Waals surface area (Å²) >= 11 is 0. The number of rotatable bonds is 17. The predicted octanol–water partition coefficient (Wildman–Crippen LogP) is -8.35. The molecule has 15 N–H and O–H groups in total. The van der Waals surface area contributed by atoms with Crippen molar-refractivity contribution < 1.29 is 108 Å². The van der Waals surface area contributed by atoms with Crippen molar-refractivity contribution in [3.63, 3.8) is 0 Å². The van der Waals surface area contributed by atoms with Crippen molar-refractivity contribution in [3.8, 4) is 0 Å². The maximum absolute atomic E-state index is 12.8. The number of hydrogen-bond acceptors (Lipinski definition) is 22. The van der Waals surface area contributed by atoms with Crippen molar-refractivity contribution in [2.45, 2.75) is 117 Å². The van der Waals surface area contributed by atoms with Crippen LogP contribution in [-0.2, 0) is 42.0 Å². The summed E-state index contributed by atoms with van der Waals surface area (Å²) in [6.45, 7) is -2.78. The van der Waals surface area contributed by atoms with Gasteiger partial charge >= 0.3 is 7.82 Å². The summed E-state index contributed by atoms with van der Waals surface area (Å²) in [5, 5.41) is 122. The Morgan fingerprint density at radius 2 is 1.33 bits per heavy atom. The Morgan fingerprint density at radius 1 is 0.735 bits per heavy atom. The third-order valence-electron chi connectivity index (χ3n) is 8.05.